The summed E-state index contributed by atoms with van der Waals surface area (Å²) in [6, 6.07) is 8.30. The lowest BCUT2D eigenvalue weighted by molar-refractivity contribution is 0.0303. The summed E-state index contributed by atoms with van der Waals surface area (Å²) >= 11 is 0. The zero-order chi connectivity index (χ0) is 18.5. The van der Waals surface area contributed by atoms with Gasteiger partial charge in [-0.2, -0.15) is 0 Å². The largest absolute Gasteiger partial charge is 0.493 e. The minimum absolute atomic E-state index is 0.0494. The molecule has 26 heavy (non-hydrogen) atoms. The number of hydrogen-bond donors (Lipinski definition) is 1. The number of morpholine rings is 1. The van der Waals surface area contributed by atoms with Gasteiger partial charge in [-0.15, -0.1) is 0 Å². The van der Waals surface area contributed by atoms with Gasteiger partial charge in [0.1, 0.15) is 0 Å². The van der Waals surface area contributed by atoms with Crippen molar-refractivity contribution in [2.75, 3.05) is 38.7 Å². The zero-order valence-corrected chi connectivity index (χ0v) is 14.8. The third-order valence-corrected chi connectivity index (χ3v) is 4.23. The molecule has 0 atom stereocenters. The number of anilines is 1. The van der Waals surface area contributed by atoms with Gasteiger partial charge in [-0.25, -0.2) is 0 Å². The fourth-order valence-electron chi connectivity index (χ4n) is 2.82. The molecule has 2 aromatic rings. The zero-order valence-electron chi connectivity index (χ0n) is 14.8. The van der Waals surface area contributed by atoms with Crippen molar-refractivity contribution in [1.82, 2.24) is 9.88 Å². The number of nitrogens with one attached hydrogen (secondary N) is 1. The maximum Gasteiger partial charge on any atom is 0.255 e. The normalized spacial score (nSPS) is 14.0. The number of hydrogen-bond acceptors (Lipinski definition) is 5. The van der Waals surface area contributed by atoms with E-state index in [4.69, 9.17) is 9.47 Å². The Morgan fingerprint density at radius 3 is 2.42 bits per heavy atom. The van der Waals surface area contributed by atoms with Crippen LogP contribution in [0, 0.1) is 6.92 Å². The van der Waals surface area contributed by atoms with E-state index in [2.05, 4.69) is 10.3 Å². The van der Waals surface area contributed by atoms with Gasteiger partial charge in [0.15, 0.2) is 5.75 Å². The van der Waals surface area contributed by atoms with Gasteiger partial charge in [0.25, 0.3) is 11.8 Å². The molecule has 1 aliphatic rings. The Bertz CT molecular complexity index is 799. The van der Waals surface area contributed by atoms with E-state index in [0.717, 1.165) is 0 Å². The first-order chi connectivity index (χ1) is 12.6. The van der Waals surface area contributed by atoms with Crippen molar-refractivity contribution < 1.29 is 19.1 Å². The second-order valence-corrected chi connectivity index (χ2v) is 5.91. The second-order valence-electron chi connectivity index (χ2n) is 5.91. The third kappa shape index (κ3) is 3.83. The molecule has 7 nitrogen and oxygen atoms in total. The number of nitrogens with zero attached hydrogens (tertiary/aromatic N) is 2. The molecule has 1 aromatic carbocycles. The Kier molecular flexibility index (Phi) is 5.48. The number of carbonyl (C=O) groups is 2. The van der Waals surface area contributed by atoms with Crippen LogP contribution in [0.2, 0.25) is 0 Å². The summed E-state index contributed by atoms with van der Waals surface area (Å²) in [6.45, 7) is 4.09. The maximum absolute atomic E-state index is 12.5. The van der Waals surface area contributed by atoms with E-state index in [1.165, 1.54) is 7.11 Å². The van der Waals surface area contributed by atoms with E-state index < -0.39 is 0 Å². The van der Waals surface area contributed by atoms with Crippen LogP contribution in [0.4, 0.5) is 5.69 Å². The highest BCUT2D eigenvalue weighted by molar-refractivity contribution is 6.05. The van der Waals surface area contributed by atoms with Gasteiger partial charge < -0.3 is 19.7 Å². The van der Waals surface area contributed by atoms with E-state index in [0.29, 0.717) is 54.6 Å². The molecule has 0 spiro atoms. The fraction of sp³-hybridized carbons (Fsp3) is 0.316. The van der Waals surface area contributed by atoms with E-state index in [1.807, 2.05) is 0 Å². The molecule has 2 heterocycles. The Labute approximate surface area is 151 Å². The highest BCUT2D eigenvalue weighted by atomic mass is 16.5. The molecule has 2 amide bonds. The molecule has 1 N–H and O–H groups in total. The van der Waals surface area contributed by atoms with Gasteiger partial charge in [-0.3, -0.25) is 14.6 Å². The Morgan fingerprint density at radius 1 is 1.12 bits per heavy atom. The van der Waals surface area contributed by atoms with Crippen LogP contribution in [-0.2, 0) is 4.74 Å². The molecular weight excluding hydrogens is 334 g/mol. The highest BCUT2D eigenvalue weighted by Gasteiger charge is 2.19. The van der Waals surface area contributed by atoms with Crippen LogP contribution in [0.5, 0.6) is 5.75 Å². The lowest BCUT2D eigenvalue weighted by Gasteiger charge is -2.26. The van der Waals surface area contributed by atoms with Gasteiger partial charge in [0.2, 0.25) is 0 Å². The summed E-state index contributed by atoms with van der Waals surface area (Å²) < 4.78 is 10.6. The Balaban J connectivity index is 1.71. The van der Waals surface area contributed by atoms with Crippen molar-refractivity contribution in [3.8, 4) is 5.75 Å². The van der Waals surface area contributed by atoms with E-state index in [9.17, 15) is 9.59 Å². The molecule has 1 aliphatic heterocycles. The van der Waals surface area contributed by atoms with Crippen LogP contribution in [0.3, 0.4) is 0 Å². The van der Waals surface area contributed by atoms with Crippen LogP contribution in [0.1, 0.15) is 26.4 Å². The van der Waals surface area contributed by atoms with Crippen molar-refractivity contribution in [1.29, 1.82) is 0 Å². The van der Waals surface area contributed by atoms with Gasteiger partial charge in [0.05, 0.1) is 31.7 Å². The standard InChI is InChI=1S/C19H21N3O4/c1-13-17(25-2)16(7-8-20-13)21-18(23)14-3-5-15(6-4-14)19(24)22-9-11-26-12-10-22/h3-8H,9-12H2,1-2H3,(H,20,21,23). The molecule has 0 saturated carbocycles. The minimum atomic E-state index is -0.278. The number of aromatic nitrogens is 1. The molecule has 7 heteroatoms. The molecule has 1 fully saturated rings. The molecule has 0 radical (unpaired) electrons. The first-order valence-electron chi connectivity index (χ1n) is 8.38. The summed E-state index contributed by atoms with van der Waals surface area (Å²) in [5, 5.41) is 2.81. The summed E-state index contributed by atoms with van der Waals surface area (Å²) in [5.74, 6) is 0.200. The predicted octanol–water partition coefficient (Wildman–Crippen LogP) is 2.12. The lowest BCUT2D eigenvalue weighted by atomic mass is 10.1. The molecule has 0 aliphatic carbocycles. The van der Waals surface area contributed by atoms with Crippen molar-refractivity contribution in [3.63, 3.8) is 0 Å². The number of aryl methyl sites for hydroxylation is 1. The summed E-state index contributed by atoms with van der Waals surface area (Å²) in [7, 11) is 1.53. The van der Waals surface area contributed by atoms with Crippen LogP contribution >= 0.6 is 0 Å². The smallest absolute Gasteiger partial charge is 0.255 e. The first kappa shape index (κ1) is 17.9. The SMILES string of the molecule is COc1c(NC(=O)c2ccc(C(=O)N3CCOCC3)cc2)ccnc1C. The van der Waals surface area contributed by atoms with Crippen molar-refractivity contribution in [3.05, 3.63) is 53.3 Å². The van der Waals surface area contributed by atoms with Crippen molar-refractivity contribution in [2.45, 2.75) is 6.92 Å². The summed E-state index contributed by atoms with van der Waals surface area (Å²) in [6.07, 6.45) is 1.61. The summed E-state index contributed by atoms with van der Waals surface area (Å²) in [4.78, 5) is 30.8. The van der Waals surface area contributed by atoms with Crippen molar-refractivity contribution in [2.24, 2.45) is 0 Å². The van der Waals surface area contributed by atoms with Crippen molar-refractivity contribution >= 4 is 17.5 Å². The number of ether oxygens (including phenoxy) is 2. The highest BCUT2D eigenvalue weighted by Crippen LogP contribution is 2.26. The van der Waals surface area contributed by atoms with E-state index in [1.54, 1.807) is 48.4 Å². The Morgan fingerprint density at radius 2 is 1.77 bits per heavy atom. The molecule has 1 saturated heterocycles. The third-order valence-electron chi connectivity index (χ3n) is 4.23. The fourth-order valence-corrected chi connectivity index (χ4v) is 2.82. The predicted molar refractivity (Wildman–Crippen MR) is 96.6 cm³/mol. The molecular formula is C19H21N3O4. The topological polar surface area (TPSA) is 80.8 Å². The number of rotatable bonds is 4. The van der Waals surface area contributed by atoms with E-state index in [-0.39, 0.29) is 11.8 Å². The quantitative estimate of drug-likeness (QED) is 0.909. The first-order valence-corrected chi connectivity index (χ1v) is 8.38. The van der Waals surface area contributed by atoms with Crippen LogP contribution < -0.4 is 10.1 Å². The minimum Gasteiger partial charge on any atom is -0.493 e. The maximum atomic E-state index is 12.5. The number of amides is 2. The Hall–Kier alpha value is -2.93. The molecule has 3 rings (SSSR count). The number of carbonyl (C=O) groups excluding carboxylic acids is 2. The number of pyridine rings is 1. The average Bonchev–Trinajstić information content (AvgIpc) is 2.68. The average molecular weight is 355 g/mol. The van der Waals surface area contributed by atoms with E-state index >= 15 is 0 Å². The number of methoxy groups -OCH3 is 1. The van der Waals surface area contributed by atoms with Gasteiger partial charge in [-0.05, 0) is 37.3 Å². The molecule has 0 bridgehead atoms. The van der Waals surface area contributed by atoms with Crippen LogP contribution in [0.25, 0.3) is 0 Å². The second kappa shape index (κ2) is 7.97. The van der Waals surface area contributed by atoms with Crippen LogP contribution in [0.15, 0.2) is 36.5 Å². The lowest BCUT2D eigenvalue weighted by Crippen LogP contribution is -2.40. The summed E-state index contributed by atoms with van der Waals surface area (Å²) in [5.41, 5.74) is 2.26. The molecule has 136 valence electrons. The molecule has 1 aromatic heterocycles. The monoisotopic (exact) mass is 355 g/mol. The van der Waals surface area contributed by atoms with Gasteiger partial charge >= 0.3 is 0 Å². The van der Waals surface area contributed by atoms with Crippen LogP contribution in [-0.4, -0.2) is 55.1 Å². The van der Waals surface area contributed by atoms with Gasteiger partial charge in [0, 0.05) is 30.4 Å². The number of benzene rings is 1. The van der Waals surface area contributed by atoms with Gasteiger partial charge in [-0.1, -0.05) is 0 Å². The molecule has 0 unspecified atom stereocenters.